The lowest BCUT2D eigenvalue weighted by Gasteiger charge is -2.35. The van der Waals surface area contributed by atoms with Crippen LogP contribution in [0.1, 0.15) is 37.9 Å². The summed E-state index contributed by atoms with van der Waals surface area (Å²) in [7, 11) is 1.19. The molecule has 3 amide bonds. The van der Waals surface area contributed by atoms with Crippen molar-refractivity contribution in [2.24, 2.45) is 17.3 Å². The Kier molecular flexibility index (Phi) is 7.52. The first-order valence-corrected chi connectivity index (χ1v) is 12.5. The number of hydrogen-bond donors (Lipinski definition) is 2. The number of nitrogens with one attached hydrogen (secondary N) is 2. The number of methoxy groups -OCH3 is 1. The SMILES string of the molecule is C#Cc1cccc2cncc(C(C#N)NC(=O)[C@@H]3[C@@H]4[C@H](CN3C(=O)[C@@H](NC(=O)C(F)(F)F)[C@@H](C)OC)C4(C)C)c12. The highest BCUT2D eigenvalue weighted by Crippen LogP contribution is 2.65. The van der Waals surface area contributed by atoms with Crippen LogP contribution in [0.3, 0.4) is 0 Å². The number of benzene rings is 1. The molecule has 0 radical (unpaired) electrons. The van der Waals surface area contributed by atoms with Gasteiger partial charge in [-0.3, -0.25) is 19.4 Å². The highest BCUT2D eigenvalue weighted by molar-refractivity contribution is 5.96. The molecule has 1 aliphatic carbocycles. The maximum absolute atomic E-state index is 13.7. The van der Waals surface area contributed by atoms with Crippen molar-refractivity contribution in [3.63, 3.8) is 0 Å². The zero-order valence-corrected chi connectivity index (χ0v) is 22.2. The van der Waals surface area contributed by atoms with E-state index in [1.165, 1.54) is 25.1 Å². The Morgan fingerprint density at radius 1 is 1.25 bits per heavy atom. The van der Waals surface area contributed by atoms with Crippen LogP contribution >= 0.6 is 0 Å². The zero-order valence-electron chi connectivity index (χ0n) is 22.2. The van der Waals surface area contributed by atoms with E-state index in [0.717, 1.165) is 0 Å². The lowest BCUT2D eigenvalue weighted by atomic mass is 9.96. The number of pyridine rings is 1. The minimum atomic E-state index is -5.22. The van der Waals surface area contributed by atoms with Gasteiger partial charge in [0.25, 0.3) is 0 Å². The molecular weight excluding hydrogens is 527 g/mol. The van der Waals surface area contributed by atoms with E-state index in [1.807, 2.05) is 13.8 Å². The zero-order chi connectivity index (χ0) is 29.6. The number of rotatable bonds is 7. The number of amides is 3. The number of aromatic nitrogens is 1. The van der Waals surface area contributed by atoms with Crippen molar-refractivity contribution in [1.29, 1.82) is 5.26 Å². The van der Waals surface area contributed by atoms with Gasteiger partial charge in [0, 0.05) is 47.9 Å². The Bertz CT molecular complexity index is 1440. The van der Waals surface area contributed by atoms with Crippen molar-refractivity contribution in [1.82, 2.24) is 20.5 Å². The number of fused-ring (bicyclic) bond motifs is 2. The number of hydrogen-bond acceptors (Lipinski definition) is 6. The van der Waals surface area contributed by atoms with E-state index < -0.39 is 48.1 Å². The molecule has 2 N–H and O–H groups in total. The van der Waals surface area contributed by atoms with E-state index >= 15 is 0 Å². The van der Waals surface area contributed by atoms with Crippen LogP contribution in [0.5, 0.6) is 0 Å². The van der Waals surface area contributed by atoms with Crippen molar-refractivity contribution in [2.75, 3.05) is 13.7 Å². The van der Waals surface area contributed by atoms with Crippen LogP contribution in [0.4, 0.5) is 13.2 Å². The van der Waals surface area contributed by atoms with Gasteiger partial charge in [-0.2, -0.15) is 18.4 Å². The Hall–Kier alpha value is -4.16. The van der Waals surface area contributed by atoms with Gasteiger partial charge in [-0.25, -0.2) is 0 Å². The van der Waals surface area contributed by atoms with Gasteiger partial charge in [0.05, 0.1) is 12.2 Å². The Balaban J connectivity index is 1.66. The third-order valence-corrected chi connectivity index (χ3v) is 8.11. The molecule has 0 spiro atoms. The predicted octanol–water partition coefficient (Wildman–Crippen LogP) is 2.46. The molecule has 1 aliphatic heterocycles. The van der Waals surface area contributed by atoms with Gasteiger partial charge in [0.1, 0.15) is 18.1 Å². The van der Waals surface area contributed by atoms with Gasteiger partial charge in [-0.05, 0) is 30.2 Å². The summed E-state index contributed by atoms with van der Waals surface area (Å²) in [5.74, 6) is -1.67. The molecule has 2 aromatic rings. The van der Waals surface area contributed by atoms with Crippen molar-refractivity contribution in [3.05, 3.63) is 41.7 Å². The average molecular weight is 556 g/mol. The number of piperidine rings is 1. The smallest absolute Gasteiger partial charge is 0.379 e. The van der Waals surface area contributed by atoms with Crippen molar-refractivity contribution >= 4 is 28.5 Å². The van der Waals surface area contributed by atoms with Crippen molar-refractivity contribution < 1.29 is 32.3 Å². The summed E-state index contributed by atoms with van der Waals surface area (Å²) in [6.45, 7) is 5.30. The Morgan fingerprint density at radius 2 is 1.95 bits per heavy atom. The van der Waals surface area contributed by atoms with Crippen LogP contribution in [0.2, 0.25) is 0 Å². The molecule has 4 rings (SSSR count). The van der Waals surface area contributed by atoms with E-state index in [2.05, 4.69) is 22.3 Å². The van der Waals surface area contributed by atoms with E-state index in [9.17, 15) is 32.8 Å². The maximum Gasteiger partial charge on any atom is 0.471 e. The van der Waals surface area contributed by atoms with Gasteiger partial charge < -0.3 is 20.3 Å². The molecular formula is C28H28F3N5O4. The number of carbonyl (C=O) groups excluding carboxylic acids is 3. The summed E-state index contributed by atoms with van der Waals surface area (Å²) in [4.78, 5) is 44.4. The number of ether oxygens (including phenoxy) is 1. The maximum atomic E-state index is 13.7. The monoisotopic (exact) mass is 555 g/mol. The number of carbonyl (C=O) groups is 3. The number of likely N-dealkylation sites (tertiary alicyclic amines) is 1. The second-order valence-electron chi connectivity index (χ2n) is 10.6. The van der Waals surface area contributed by atoms with E-state index in [-0.39, 0.29) is 23.8 Å². The summed E-state index contributed by atoms with van der Waals surface area (Å²) in [5.41, 5.74) is 0.547. The average Bonchev–Trinajstić information content (AvgIpc) is 3.24. The molecule has 6 atom stereocenters. The minimum absolute atomic E-state index is 0.0949. The minimum Gasteiger partial charge on any atom is -0.379 e. The van der Waals surface area contributed by atoms with Gasteiger partial charge in [-0.1, -0.05) is 31.9 Å². The lowest BCUT2D eigenvalue weighted by Crippen LogP contribution is -2.60. The molecule has 1 unspecified atom stereocenters. The van der Waals surface area contributed by atoms with E-state index in [0.29, 0.717) is 21.9 Å². The predicted molar refractivity (Wildman–Crippen MR) is 137 cm³/mol. The summed E-state index contributed by atoms with van der Waals surface area (Å²) >= 11 is 0. The van der Waals surface area contributed by atoms with Gasteiger partial charge in [0.15, 0.2) is 0 Å². The second-order valence-corrected chi connectivity index (χ2v) is 10.6. The number of alkyl halides is 3. The summed E-state index contributed by atoms with van der Waals surface area (Å²) in [6.07, 6.45) is 2.33. The number of halogens is 3. The van der Waals surface area contributed by atoms with Crippen LogP contribution in [-0.4, -0.2) is 65.6 Å². The number of terminal acetylenes is 1. The van der Waals surface area contributed by atoms with Gasteiger partial charge in [-0.15, -0.1) is 6.42 Å². The third-order valence-electron chi connectivity index (χ3n) is 8.11. The van der Waals surface area contributed by atoms with Crippen LogP contribution < -0.4 is 10.6 Å². The van der Waals surface area contributed by atoms with Crippen LogP contribution in [-0.2, 0) is 19.1 Å². The standard InChI is InChI=1S/C28H28F3N5O4/c1-6-15-8-7-9-16-11-33-12-17(20(15)16)19(10-32)34-24(37)23-21-18(27(21,3)4)13-36(23)25(38)22(14(2)40-5)35-26(39)28(29,30)31/h1,7-9,11-12,14,18-19,21-23H,13H2,2-5H3,(H,34,37)(H,35,39)/t14-,18+,19?,21+,22+,23+/m1/s1. The fourth-order valence-corrected chi connectivity index (χ4v) is 5.74. The molecule has 1 saturated heterocycles. The third kappa shape index (κ3) is 4.95. The van der Waals surface area contributed by atoms with E-state index in [1.54, 1.807) is 29.7 Å². The van der Waals surface area contributed by atoms with Crippen molar-refractivity contribution in [3.8, 4) is 18.4 Å². The van der Waals surface area contributed by atoms with E-state index in [4.69, 9.17) is 11.2 Å². The van der Waals surface area contributed by atoms with Crippen molar-refractivity contribution in [2.45, 2.75) is 51.2 Å². The summed E-state index contributed by atoms with van der Waals surface area (Å²) < 4.78 is 44.1. The second kappa shape index (κ2) is 10.4. The fraction of sp³-hybridized carbons (Fsp3) is 0.464. The normalized spacial score (nSPS) is 23.2. The first kappa shape index (κ1) is 28.8. The lowest BCUT2D eigenvalue weighted by molar-refractivity contribution is -0.176. The largest absolute Gasteiger partial charge is 0.471 e. The molecule has 1 saturated carbocycles. The molecule has 2 aliphatic rings. The molecule has 2 heterocycles. The molecule has 1 aromatic heterocycles. The molecule has 0 bridgehead atoms. The highest BCUT2D eigenvalue weighted by atomic mass is 19.4. The summed E-state index contributed by atoms with van der Waals surface area (Å²) in [5, 5.41) is 15.7. The molecule has 9 nitrogen and oxygen atoms in total. The fourth-order valence-electron chi connectivity index (χ4n) is 5.74. The topological polar surface area (TPSA) is 124 Å². The molecule has 12 heteroatoms. The van der Waals surface area contributed by atoms with Crippen LogP contribution in [0.25, 0.3) is 10.8 Å². The Morgan fingerprint density at radius 3 is 2.55 bits per heavy atom. The molecule has 40 heavy (non-hydrogen) atoms. The molecule has 1 aromatic carbocycles. The van der Waals surface area contributed by atoms with Crippen LogP contribution in [0, 0.1) is 40.9 Å². The Labute approximate surface area is 229 Å². The van der Waals surface area contributed by atoms with Gasteiger partial charge in [0.2, 0.25) is 11.8 Å². The van der Waals surface area contributed by atoms with Gasteiger partial charge >= 0.3 is 12.1 Å². The first-order valence-electron chi connectivity index (χ1n) is 12.5. The van der Waals surface area contributed by atoms with Crippen LogP contribution in [0.15, 0.2) is 30.6 Å². The highest BCUT2D eigenvalue weighted by Gasteiger charge is 2.69. The number of nitrogens with zero attached hydrogens (tertiary/aromatic N) is 3. The molecule has 210 valence electrons. The first-order chi connectivity index (χ1) is 18.8. The molecule has 2 fully saturated rings. The number of nitriles is 1. The summed E-state index contributed by atoms with van der Waals surface area (Å²) in [6, 6.07) is 3.30. The quantitative estimate of drug-likeness (QED) is 0.506.